The van der Waals surface area contributed by atoms with Gasteiger partial charge in [-0.15, -0.1) is 0 Å². The lowest BCUT2D eigenvalue weighted by Crippen LogP contribution is -2.64. The van der Waals surface area contributed by atoms with Crippen LogP contribution in [-0.4, -0.2) is 68.1 Å². The molecule has 1 aromatic heterocycles. The van der Waals surface area contributed by atoms with E-state index in [1.165, 1.54) is 4.90 Å². The number of hydrogen-bond acceptors (Lipinski definition) is 6. The molecule has 1 unspecified atom stereocenters. The number of amides is 4. The molecule has 1 saturated carbocycles. The van der Waals surface area contributed by atoms with Gasteiger partial charge >= 0.3 is 6.09 Å². The van der Waals surface area contributed by atoms with Gasteiger partial charge in [0.1, 0.15) is 11.6 Å². The van der Waals surface area contributed by atoms with Crippen molar-refractivity contribution in [3.63, 3.8) is 0 Å². The fraction of sp³-hybridized carbons (Fsp3) is 0.483. The number of benzene rings is 1. The number of likely N-dealkylation sites (tertiary alicyclic amines) is 1. The number of imide groups is 1. The molecule has 4 heterocycles. The number of aromatic nitrogens is 2. The lowest BCUT2D eigenvalue weighted by molar-refractivity contribution is -0.136. The molecule has 6 rings (SSSR count). The Morgan fingerprint density at radius 2 is 1.87 bits per heavy atom. The molecule has 10 nitrogen and oxygen atoms in total. The van der Waals surface area contributed by atoms with Crippen molar-refractivity contribution in [1.82, 2.24) is 24.9 Å². The van der Waals surface area contributed by atoms with Crippen LogP contribution in [0.25, 0.3) is 0 Å². The third-order valence-corrected chi connectivity index (χ3v) is 7.89. The van der Waals surface area contributed by atoms with Gasteiger partial charge in [-0.2, -0.15) is 5.10 Å². The highest BCUT2D eigenvalue weighted by atomic mass is 16.6. The monoisotopic (exact) mass is 529 g/mol. The van der Waals surface area contributed by atoms with E-state index in [0.29, 0.717) is 24.6 Å². The molecule has 2 saturated heterocycles. The van der Waals surface area contributed by atoms with E-state index in [-0.39, 0.29) is 29.7 Å². The number of carbonyl (C=O) groups is 4. The number of carbonyl (C=O) groups excluding carboxylic acids is 4. The molecule has 1 atom stereocenters. The molecule has 0 radical (unpaired) electrons. The van der Waals surface area contributed by atoms with Crippen molar-refractivity contribution >= 4 is 23.8 Å². The fourth-order valence-electron chi connectivity index (χ4n) is 6.00. The minimum atomic E-state index is -0.631. The molecule has 1 aliphatic carbocycles. The Kier molecular flexibility index (Phi) is 5.79. The molecule has 202 valence electrons. The van der Waals surface area contributed by atoms with Crippen LogP contribution in [0.3, 0.4) is 0 Å². The largest absolute Gasteiger partial charge is 0.444 e. The SMILES string of the molecule is CC(C)(C)OC(=O)N1CC2(CC(n3cc(C#Cc4ccc5c(c4)CN(C4CCC(=O)NC4=O)C5=O)cn3)C2)C1. The number of hydrogen-bond donors (Lipinski definition) is 1. The first-order valence-corrected chi connectivity index (χ1v) is 13.3. The van der Waals surface area contributed by atoms with E-state index in [1.807, 2.05) is 43.8 Å². The van der Waals surface area contributed by atoms with E-state index < -0.39 is 17.6 Å². The van der Waals surface area contributed by atoms with Crippen LogP contribution in [0.2, 0.25) is 0 Å². The standard InChI is InChI=1S/C29H31N5O5/c1-28(2,3)39-27(38)32-16-29(17-32)11-21(12-29)34-14-19(13-30-34)5-4-18-6-7-22-20(10-18)15-33(26(22)37)23-8-9-24(35)31-25(23)36/h6-7,10,13-14,21,23H,8-9,11-12,15-17H2,1-3H3,(H,31,35,36). The number of ether oxygens (including phenoxy) is 1. The van der Waals surface area contributed by atoms with Gasteiger partial charge in [0.25, 0.3) is 5.91 Å². The molecular weight excluding hydrogens is 498 g/mol. The quantitative estimate of drug-likeness (QED) is 0.473. The minimum Gasteiger partial charge on any atom is -0.444 e. The van der Waals surface area contributed by atoms with Crippen molar-refractivity contribution in [2.45, 2.75) is 70.7 Å². The van der Waals surface area contributed by atoms with Gasteiger partial charge in [-0.3, -0.25) is 24.4 Å². The van der Waals surface area contributed by atoms with E-state index >= 15 is 0 Å². The molecule has 39 heavy (non-hydrogen) atoms. The Labute approximate surface area is 226 Å². The van der Waals surface area contributed by atoms with Gasteiger partial charge in [-0.1, -0.05) is 11.8 Å². The lowest BCUT2D eigenvalue weighted by Gasteiger charge is -2.58. The second kappa shape index (κ2) is 8.97. The van der Waals surface area contributed by atoms with Crippen molar-refractivity contribution in [3.8, 4) is 11.8 Å². The molecule has 1 aromatic carbocycles. The molecule has 0 bridgehead atoms. The summed E-state index contributed by atoms with van der Waals surface area (Å²) in [6.07, 6.45) is 5.99. The molecule has 4 amide bonds. The minimum absolute atomic E-state index is 0.170. The zero-order valence-corrected chi connectivity index (χ0v) is 22.3. The topological polar surface area (TPSA) is 114 Å². The van der Waals surface area contributed by atoms with Gasteiger partial charge in [0, 0.05) is 48.8 Å². The molecule has 4 aliphatic rings. The third kappa shape index (κ3) is 4.78. The van der Waals surface area contributed by atoms with E-state index in [0.717, 1.165) is 42.6 Å². The van der Waals surface area contributed by atoms with Crippen LogP contribution in [0.4, 0.5) is 4.79 Å². The smallest absolute Gasteiger partial charge is 0.410 e. The predicted molar refractivity (Wildman–Crippen MR) is 139 cm³/mol. The second-order valence-corrected chi connectivity index (χ2v) is 12.1. The molecule has 10 heteroatoms. The highest BCUT2D eigenvalue weighted by Gasteiger charge is 2.55. The van der Waals surface area contributed by atoms with Crippen LogP contribution in [0.1, 0.15) is 79.5 Å². The van der Waals surface area contributed by atoms with Crippen molar-refractivity contribution in [1.29, 1.82) is 0 Å². The molecule has 1 spiro atoms. The van der Waals surface area contributed by atoms with Crippen LogP contribution in [0.5, 0.6) is 0 Å². The van der Waals surface area contributed by atoms with Gasteiger partial charge < -0.3 is 14.5 Å². The van der Waals surface area contributed by atoms with Gasteiger partial charge in [0.15, 0.2) is 0 Å². The summed E-state index contributed by atoms with van der Waals surface area (Å²) in [6, 6.07) is 5.12. The van der Waals surface area contributed by atoms with Gasteiger partial charge in [0.05, 0.1) is 17.8 Å². The average Bonchev–Trinajstić information content (AvgIpc) is 3.39. The predicted octanol–water partition coefficient (Wildman–Crippen LogP) is 2.62. The van der Waals surface area contributed by atoms with Crippen LogP contribution in [-0.2, 0) is 20.9 Å². The van der Waals surface area contributed by atoms with E-state index in [9.17, 15) is 19.2 Å². The summed E-state index contributed by atoms with van der Waals surface area (Å²) in [5.74, 6) is 5.41. The Balaban J connectivity index is 1.05. The van der Waals surface area contributed by atoms with E-state index in [4.69, 9.17) is 4.74 Å². The summed E-state index contributed by atoms with van der Waals surface area (Å²) in [5.41, 5.74) is 2.66. The summed E-state index contributed by atoms with van der Waals surface area (Å²) >= 11 is 0. The summed E-state index contributed by atoms with van der Waals surface area (Å²) in [7, 11) is 0. The summed E-state index contributed by atoms with van der Waals surface area (Å²) in [6.45, 7) is 7.41. The van der Waals surface area contributed by atoms with E-state index in [2.05, 4.69) is 22.3 Å². The Morgan fingerprint density at radius 3 is 2.59 bits per heavy atom. The van der Waals surface area contributed by atoms with Crippen LogP contribution in [0, 0.1) is 17.3 Å². The third-order valence-electron chi connectivity index (χ3n) is 7.89. The maximum absolute atomic E-state index is 12.9. The first-order valence-electron chi connectivity index (χ1n) is 13.3. The zero-order chi connectivity index (χ0) is 27.5. The number of rotatable bonds is 2. The number of piperidine rings is 1. The Morgan fingerprint density at radius 1 is 1.13 bits per heavy atom. The van der Waals surface area contributed by atoms with Gasteiger partial charge in [-0.05, 0) is 63.8 Å². The molecule has 3 fully saturated rings. The Hall–Kier alpha value is -4.13. The summed E-state index contributed by atoms with van der Waals surface area (Å²) in [4.78, 5) is 52.1. The molecule has 2 aromatic rings. The second-order valence-electron chi connectivity index (χ2n) is 12.1. The van der Waals surface area contributed by atoms with Gasteiger partial charge in [0.2, 0.25) is 11.8 Å². The van der Waals surface area contributed by atoms with Crippen LogP contribution < -0.4 is 5.32 Å². The lowest BCUT2D eigenvalue weighted by atomic mass is 9.61. The molecule has 3 aliphatic heterocycles. The summed E-state index contributed by atoms with van der Waals surface area (Å²) in [5, 5.41) is 6.84. The van der Waals surface area contributed by atoms with Crippen molar-refractivity contribution in [2.24, 2.45) is 5.41 Å². The molecular formula is C29H31N5O5. The first kappa shape index (κ1) is 25.2. The zero-order valence-electron chi connectivity index (χ0n) is 22.3. The highest BCUT2D eigenvalue weighted by Crippen LogP contribution is 2.54. The van der Waals surface area contributed by atoms with Crippen molar-refractivity contribution in [2.75, 3.05) is 13.1 Å². The number of fused-ring (bicyclic) bond motifs is 1. The van der Waals surface area contributed by atoms with Crippen molar-refractivity contribution in [3.05, 3.63) is 52.8 Å². The van der Waals surface area contributed by atoms with Crippen molar-refractivity contribution < 1.29 is 23.9 Å². The number of nitrogens with one attached hydrogen (secondary N) is 1. The maximum atomic E-state index is 12.9. The fourth-order valence-corrected chi connectivity index (χ4v) is 6.00. The highest BCUT2D eigenvalue weighted by molar-refractivity contribution is 6.05. The Bertz CT molecular complexity index is 1440. The normalized spacial score (nSPS) is 22.0. The van der Waals surface area contributed by atoms with Crippen LogP contribution in [0.15, 0.2) is 30.6 Å². The average molecular weight is 530 g/mol. The summed E-state index contributed by atoms with van der Waals surface area (Å²) < 4.78 is 7.42. The number of nitrogens with zero attached hydrogens (tertiary/aromatic N) is 4. The van der Waals surface area contributed by atoms with E-state index in [1.54, 1.807) is 17.2 Å². The van der Waals surface area contributed by atoms with Gasteiger partial charge in [-0.25, -0.2) is 4.79 Å². The maximum Gasteiger partial charge on any atom is 0.410 e. The molecule has 1 N–H and O–H groups in total. The van der Waals surface area contributed by atoms with Crippen LogP contribution >= 0.6 is 0 Å². The first-order chi connectivity index (χ1) is 18.5.